The van der Waals surface area contributed by atoms with Crippen molar-refractivity contribution in [2.75, 3.05) is 13.1 Å². The van der Waals surface area contributed by atoms with Gasteiger partial charge in [0.05, 0.1) is 0 Å². The quantitative estimate of drug-likeness (QED) is 0.828. The van der Waals surface area contributed by atoms with Crippen LogP contribution in [0.2, 0.25) is 0 Å². The summed E-state index contributed by atoms with van der Waals surface area (Å²) in [6.45, 7) is 9.63. The number of fused-ring (bicyclic) bond motifs is 1. The second-order valence-corrected chi connectivity index (χ2v) is 7.60. The zero-order valence-corrected chi connectivity index (χ0v) is 14.0. The van der Waals surface area contributed by atoms with Gasteiger partial charge in [-0.15, -0.1) is 0 Å². The zero-order chi connectivity index (χ0) is 14.9. The highest BCUT2D eigenvalue weighted by atomic mass is 15.2. The van der Waals surface area contributed by atoms with Gasteiger partial charge in [-0.3, -0.25) is 4.98 Å². The summed E-state index contributed by atoms with van der Waals surface area (Å²) in [6, 6.07) is 3.24. The van der Waals surface area contributed by atoms with Gasteiger partial charge >= 0.3 is 0 Å². The van der Waals surface area contributed by atoms with E-state index in [9.17, 15) is 0 Å². The maximum Gasteiger partial charge on any atom is 0.0436 e. The maximum absolute atomic E-state index is 4.81. The fourth-order valence-corrected chi connectivity index (χ4v) is 4.16. The second-order valence-electron chi connectivity index (χ2n) is 7.60. The molecule has 1 aromatic heterocycles. The van der Waals surface area contributed by atoms with Crippen molar-refractivity contribution in [1.82, 2.24) is 9.88 Å². The van der Waals surface area contributed by atoms with Gasteiger partial charge in [0, 0.05) is 17.9 Å². The van der Waals surface area contributed by atoms with E-state index in [2.05, 4.69) is 37.9 Å². The van der Waals surface area contributed by atoms with Gasteiger partial charge in [-0.2, -0.15) is 0 Å². The smallest absolute Gasteiger partial charge is 0.0436 e. The van der Waals surface area contributed by atoms with Crippen molar-refractivity contribution >= 4 is 0 Å². The predicted molar refractivity (Wildman–Crippen MR) is 88.8 cm³/mol. The molecular weight excluding hydrogens is 256 g/mol. The van der Waals surface area contributed by atoms with Crippen molar-refractivity contribution < 1.29 is 0 Å². The van der Waals surface area contributed by atoms with E-state index in [-0.39, 0.29) is 5.41 Å². The molecule has 1 aliphatic heterocycles. The van der Waals surface area contributed by atoms with Crippen LogP contribution in [0.1, 0.15) is 69.7 Å². The third-order valence-corrected chi connectivity index (χ3v) is 5.54. The molecule has 1 saturated heterocycles. The van der Waals surface area contributed by atoms with E-state index in [1.165, 1.54) is 74.9 Å². The lowest BCUT2D eigenvalue weighted by molar-refractivity contribution is 0.221. The van der Waals surface area contributed by atoms with Crippen LogP contribution < -0.4 is 0 Å². The van der Waals surface area contributed by atoms with Gasteiger partial charge in [-0.1, -0.05) is 33.3 Å². The Balaban J connectivity index is 1.79. The summed E-state index contributed by atoms with van der Waals surface area (Å²) >= 11 is 0. The second kappa shape index (κ2) is 6.08. The standard InChI is InChI=1S/C19H30N2/c1-4-9-19(2,3)16-12-15-13-17(21-10-5-6-11-21)7-8-18(15)20-14-16/h12,14,17H,4-11,13H2,1-3H3. The van der Waals surface area contributed by atoms with Crippen LogP contribution in [-0.4, -0.2) is 29.0 Å². The first-order chi connectivity index (χ1) is 10.1. The Morgan fingerprint density at radius 2 is 2.05 bits per heavy atom. The number of pyridine rings is 1. The molecule has 21 heavy (non-hydrogen) atoms. The predicted octanol–water partition coefficient (Wildman–Crippen LogP) is 4.11. The number of rotatable bonds is 4. The third kappa shape index (κ3) is 3.15. The first kappa shape index (κ1) is 15.0. The van der Waals surface area contributed by atoms with Crippen LogP contribution in [-0.2, 0) is 18.3 Å². The molecule has 0 saturated carbocycles. The lowest BCUT2D eigenvalue weighted by Crippen LogP contribution is -2.37. The number of nitrogens with zero attached hydrogens (tertiary/aromatic N) is 2. The van der Waals surface area contributed by atoms with Crippen molar-refractivity contribution in [3.63, 3.8) is 0 Å². The summed E-state index contributed by atoms with van der Waals surface area (Å²) in [7, 11) is 0. The van der Waals surface area contributed by atoms with Crippen LogP contribution in [0, 0.1) is 0 Å². The number of hydrogen-bond acceptors (Lipinski definition) is 2. The highest BCUT2D eigenvalue weighted by Crippen LogP contribution is 2.32. The van der Waals surface area contributed by atoms with Gasteiger partial charge in [0.15, 0.2) is 0 Å². The summed E-state index contributed by atoms with van der Waals surface area (Å²) in [5.74, 6) is 0. The molecule has 1 fully saturated rings. The van der Waals surface area contributed by atoms with Crippen LogP contribution in [0.15, 0.2) is 12.3 Å². The Morgan fingerprint density at radius 3 is 2.76 bits per heavy atom. The molecule has 0 spiro atoms. The molecular formula is C19H30N2. The number of aryl methyl sites for hydroxylation is 1. The molecule has 0 amide bonds. The Morgan fingerprint density at radius 1 is 1.29 bits per heavy atom. The maximum atomic E-state index is 4.81. The monoisotopic (exact) mass is 286 g/mol. The average molecular weight is 286 g/mol. The molecule has 1 aromatic rings. The molecule has 116 valence electrons. The minimum Gasteiger partial charge on any atom is -0.300 e. The lowest BCUT2D eigenvalue weighted by atomic mass is 9.79. The first-order valence-electron chi connectivity index (χ1n) is 8.82. The van der Waals surface area contributed by atoms with Gasteiger partial charge in [-0.05, 0) is 68.2 Å². The Kier molecular flexibility index (Phi) is 4.35. The van der Waals surface area contributed by atoms with Gasteiger partial charge < -0.3 is 4.90 Å². The number of aromatic nitrogens is 1. The summed E-state index contributed by atoms with van der Waals surface area (Å²) < 4.78 is 0. The molecule has 2 aliphatic rings. The molecule has 2 heteroatoms. The highest BCUT2D eigenvalue weighted by Gasteiger charge is 2.28. The van der Waals surface area contributed by atoms with Crippen molar-refractivity contribution in [1.29, 1.82) is 0 Å². The molecule has 2 heterocycles. The molecule has 0 bridgehead atoms. The summed E-state index contributed by atoms with van der Waals surface area (Å²) in [4.78, 5) is 7.53. The van der Waals surface area contributed by atoms with Crippen molar-refractivity contribution in [2.45, 2.75) is 77.2 Å². The van der Waals surface area contributed by atoms with Gasteiger partial charge in [0.25, 0.3) is 0 Å². The normalized spacial score (nSPS) is 23.3. The summed E-state index contributed by atoms with van der Waals surface area (Å²) in [6.07, 6.45) is 11.1. The molecule has 1 atom stereocenters. The topological polar surface area (TPSA) is 16.1 Å². The van der Waals surface area contributed by atoms with Crippen LogP contribution in [0.4, 0.5) is 0 Å². The van der Waals surface area contributed by atoms with Gasteiger partial charge in [0.1, 0.15) is 0 Å². The SMILES string of the molecule is CCCC(C)(C)c1cnc2c(c1)CC(N1CCCC1)CC2. The molecule has 1 aliphatic carbocycles. The Hall–Kier alpha value is -0.890. The molecule has 3 rings (SSSR count). The Labute approximate surface area is 130 Å². The summed E-state index contributed by atoms with van der Waals surface area (Å²) in [5, 5.41) is 0. The molecule has 2 nitrogen and oxygen atoms in total. The van der Waals surface area contributed by atoms with E-state index in [4.69, 9.17) is 4.98 Å². The lowest BCUT2D eigenvalue weighted by Gasteiger charge is -2.33. The van der Waals surface area contributed by atoms with Crippen LogP contribution in [0.3, 0.4) is 0 Å². The van der Waals surface area contributed by atoms with Crippen LogP contribution >= 0.6 is 0 Å². The molecule has 0 aromatic carbocycles. The Bertz CT molecular complexity index is 486. The minimum atomic E-state index is 0.261. The van der Waals surface area contributed by atoms with Crippen molar-refractivity contribution in [3.8, 4) is 0 Å². The zero-order valence-electron chi connectivity index (χ0n) is 14.0. The largest absolute Gasteiger partial charge is 0.300 e. The first-order valence-corrected chi connectivity index (χ1v) is 8.82. The highest BCUT2D eigenvalue weighted by molar-refractivity contribution is 5.32. The van der Waals surface area contributed by atoms with Crippen LogP contribution in [0.5, 0.6) is 0 Å². The third-order valence-electron chi connectivity index (χ3n) is 5.54. The minimum absolute atomic E-state index is 0.261. The molecule has 0 radical (unpaired) electrons. The summed E-state index contributed by atoms with van der Waals surface area (Å²) in [5.41, 5.74) is 4.59. The van der Waals surface area contributed by atoms with E-state index >= 15 is 0 Å². The number of hydrogen-bond donors (Lipinski definition) is 0. The number of likely N-dealkylation sites (tertiary alicyclic amines) is 1. The van der Waals surface area contributed by atoms with Crippen molar-refractivity contribution in [3.05, 3.63) is 29.1 Å². The molecule has 0 N–H and O–H groups in total. The van der Waals surface area contributed by atoms with E-state index in [0.29, 0.717) is 0 Å². The van der Waals surface area contributed by atoms with E-state index in [1.807, 2.05) is 0 Å². The van der Waals surface area contributed by atoms with Crippen molar-refractivity contribution in [2.24, 2.45) is 0 Å². The fourth-order valence-electron chi connectivity index (χ4n) is 4.16. The van der Waals surface area contributed by atoms with E-state index in [1.54, 1.807) is 0 Å². The van der Waals surface area contributed by atoms with Gasteiger partial charge in [0.2, 0.25) is 0 Å². The van der Waals surface area contributed by atoms with E-state index < -0.39 is 0 Å². The molecule has 1 unspecified atom stereocenters. The van der Waals surface area contributed by atoms with E-state index in [0.717, 1.165) is 6.04 Å². The van der Waals surface area contributed by atoms with Crippen LogP contribution in [0.25, 0.3) is 0 Å². The fraction of sp³-hybridized carbons (Fsp3) is 0.737. The van der Waals surface area contributed by atoms with Gasteiger partial charge in [-0.25, -0.2) is 0 Å². The average Bonchev–Trinajstić information content (AvgIpc) is 3.00.